The first-order valence-corrected chi connectivity index (χ1v) is 10.3. The minimum absolute atomic E-state index is 0.100. The second-order valence-corrected chi connectivity index (χ2v) is 8.27. The molecule has 0 unspecified atom stereocenters. The summed E-state index contributed by atoms with van der Waals surface area (Å²) in [5.41, 5.74) is 1.19. The average molecular weight is 375 g/mol. The number of hydrogen-bond acceptors (Lipinski definition) is 5. The number of nitrogens with zero attached hydrogens (tertiary/aromatic N) is 3. The smallest absolute Gasteiger partial charge is 0.222 e. The quantitative estimate of drug-likeness (QED) is 0.844. The van der Waals surface area contributed by atoms with Crippen molar-refractivity contribution in [1.82, 2.24) is 20.0 Å². The van der Waals surface area contributed by atoms with Crippen LogP contribution in [0.4, 0.5) is 0 Å². The van der Waals surface area contributed by atoms with E-state index in [1.54, 1.807) is 11.3 Å². The topological polar surface area (TPSA) is 59.4 Å². The van der Waals surface area contributed by atoms with E-state index in [1.807, 2.05) is 10.9 Å². The molecule has 0 spiro atoms. The maximum absolute atomic E-state index is 12.5. The highest BCUT2D eigenvalue weighted by molar-refractivity contribution is 7.09. The Morgan fingerprint density at radius 1 is 1.35 bits per heavy atom. The molecule has 1 saturated heterocycles. The zero-order valence-electron chi connectivity index (χ0n) is 15.0. The molecule has 2 aromatic heterocycles. The summed E-state index contributed by atoms with van der Waals surface area (Å²) in [6.45, 7) is 5.08. The molecule has 140 valence electrons. The van der Waals surface area contributed by atoms with Gasteiger partial charge < -0.3 is 10.1 Å². The number of hydrogen-bond donors (Lipinski definition) is 1. The van der Waals surface area contributed by atoms with Crippen LogP contribution in [-0.2, 0) is 22.6 Å². The minimum Gasteiger partial charge on any atom is -0.381 e. The Bertz CT molecular complexity index is 709. The summed E-state index contributed by atoms with van der Waals surface area (Å²) in [6, 6.07) is 6.43. The molecule has 1 atom stereocenters. The van der Waals surface area contributed by atoms with Crippen LogP contribution >= 0.6 is 11.3 Å². The van der Waals surface area contributed by atoms with Crippen molar-refractivity contribution >= 4 is 17.2 Å². The zero-order chi connectivity index (χ0) is 17.8. The lowest BCUT2D eigenvalue weighted by Gasteiger charge is -2.33. The number of aromatic nitrogens is 2. The molecule has 2 aromatic rings. The van der Waals surface area contributed by atoms with Crippen molar-refractivity contribution in [2.75, 3.05) is 26.3 Å². The maximum Gasteiger partial charge on any atom is 0.222 e. The Kier molecular flexibility index (Phi) is 5.67. The highest BCUT2D eigenvalue weighted by atomic mass is 32.1. The molecule has 0 aromatic carbocycles. The zero-order valence-corrected chi connectivity index (χ0v) is 15.8. The summed E-state index contributed by atoms with van der Waals surface area (Å²) in [6.07, 6.45) is 4.42. The number of fused-ring (bicyclic) bond motifs is 1. The SMILES string of the molecule is O=C(C[C@H]1CN(Cc2cccs2)Cc2ccnn21)NCC1CCOCC1. The van der Waals surface area contributed by atoms with Crippen LogP contribution in [0, 0.1) is 5.92 Å². The first kappa shape index (κ1) is 17.7. The maximum atomic E-state index is 12.5. The van der Waals surface area contributed by atoms with E-state index >= 15 is 0 Å². The Balaban J connectivity index is 1.34. The minimum atomic E-state index is 0.100. The van der Waals surface area contributed by atoms with E-state index in [2.05, 4.69) is 38.9 Å². The normalized spacial score (nSPS) is 21.5. The van der Waals surface area contributed by atoms with Gasteiger partial charge in [-0.2, -0.15) is 5.10 Å². The molecule has 0 aliphatic carbocycles. The molecule has 4 heterocycles. The van der Waals surface area contributed by atoms with Gasteiger partial charge in [0.05, 0.1) is 18.2 Å². The van der Waals surface area contributed by atoms with Crippen LogP contribution in [0.25, 0.3) is 0 Å². The molecule has 0 saturated carbocycles. The number of carbonyl (C=O) groups is 1. The molecule has 6 nitrogen and oxygen atoms in total. The summed E-state index contributed by atoms with van der Waals surface area (Å²) in [5, 5.41) is 9.72. The van der Waals surface area contributed by atoms with Crippen LogP contribution in [0.15, 0.2) is 29.8 Å². The van der Waals surface area contributed by atoms with Crippen molar-refractivity contribution in [2.45, 2.75) is 38.4 Å². The lowest BCUT2D eigenvalue weighted by atomic mass is 10.0. The fraction of sp³-hybridized carbons (Fsp3) is 0.579. The number of thiophene rings is 1. The fourth-order valence-electron chi connectivity index (χ4n) is 3.85. The van der Waals surface area contributed by atoms with Gasteiger partial charge in [0.1, 0.15) is 0 Å². The highest BCUT2D eigenvalue weighted by Crippen LogP contribution is 2.25. The van der Waals surface area contributed by atoms with Gasteiger partial charge in [0.15, 0.2) is 0 Å². The van der Waals surface area contributed by atoms with Crippen molar-refractivity contribution in [3.63, 3.8) is 0 Å². The van der Waals surface area contributed by atoms with Gasteiger partial charge in [-0.25, -0.2) is 0 Å². The predicted octanol–water partition coefficient (Wildman–Crippen LogP) is 2.43. The van der Waals surface area contributed by atoms with Crippen molar-refractivity contribution in [3.05, 3.63) is 40.3 Å². The molecular weight excluding hydrogens is 348 g/mol. The van der Waals surface area contributed by atoms with Gasteiger partial charge >= 0.3 is 0 Å². The number of ether oxygens (including phenoxy) is 1. The molecule has 1 amide bonds. The van der Waals surface area contributed by atoms with Gasteiger partial charge in [0.25, 0.3) is 0 Å². The van der Waals surface area contributed by atoms with Gasteiger partial charge in [-0.3, -0.25) is 14.4 Å². The predicted molar refractivity (Wildman–Crippen MR) is 101 cm³/mol. The van der Waals surface area contributed by atoms with Crippen LogP contribution in [0.2, 0.25) is 0 Å². The van der Waals surface area contributed by atoms with E-state index in [0.717, 1.165) is 52.2 Å². The van der Waals surface area contributed by atoms with E-state index in [9.17, 15) is 4.79 Å². The molecule has 7 heteroatoms. The lowest BCUT2D eigenvalue weighted by Crippen LogP contribution is -2.40. The third-order valence-electron chi connectivity index (χ3n) is 5.26. The van der Waals surface area contributed by atoms with Crippen LogP contribution in [0.5, 0.6) is 0 Å². The molecule has 26 heavy (non-hydrogen) atoms. The lowest BCUT2D eigenvalue weighted by molar-refractivity contribution is -0.122. The van der Waals surface area contributed by atoms with E-state index in [0.29, 0.717) is 12.3 Å². The van der Waals surface area contributed by atoms with Gasteiger partial charge in [0, 0.05) is 50.5 Å². The second kappa shape index (κ2) is 8.33. The first-order valence-electron chi connectivity index (χ1n) is 9.39. The largest absolute Gasteiger partial charge is 0.381 e. The van der Waals surface area contributed by atoms with Gasteiger partial charge in [0.2, 0.25) is 5.91 Å². The first-order chi connectivity index (χ1) is 12.8. The fourth-order valence-corrected chi connectivity index (χ4v) is 4.60. The second-order valence-electron chi connectivity index (χ2n) is 7.23. The van der Waals surface area contributed by atoms with E-state index in [-0.39, 0.29) is 11.9 Å². The van der Waals surface area contributed by atoms with Gasteiger partial charge in [-0.15, -0.1) is 11.3 Å². The molecular formula is C19H26N4O2S. The Morgan fingerprint density at radius 2 is 2.23 bits per heavy atom. The third kappa shape index (κ3) is 4.34. The number of amides is 1. The van der Waals surface area contributed by atoms with Crippen molar-refractivity contribution in [3.8, 4) is 0 Å². The van der Waals surface area contributed by atoms with Gasteiger partial charge in [-0.05, 0) is 36.3 Å². The van der Waals surface area contributed by atoms with Gasteiger partial charge in [-0.1, -0.05) is 6.07 Å². The van der Waals surface area contributed by atoms with Crippen LogP contribution in [0.1, 0.15) is 35.9 Å². The molecule has 0 radical (unpaired) electrons. The number of carbonyl (C=O) groups excluding carboxylic acids is 1. The van der Waals surface area contributed by atoms with Crippen molar-refractivity contribution in [2.24, 2.45) is 5.92 Å². The van der Waals surface area contributed by atoms with E-state index < -0.39 is 0 Å². The summed E-state index contributed by atoms with van der Waals surface area (Å²) in [7, 11) is 0. The summed E-state index contributed by atoms with van der Waals surface area (Å²) in [4.78, 5) is 16.3. The highest BCUT2D eigenvalue weighted by Gasteiger charge is 2.27. The van der Waals surface area contributed by atoms with Crippen LogP contribution in [-0.4, -0.2) is 46.9 Å². The van der Waals surface area contributed by atoms with Crippen molar-refractivity contribution < 1.29 is 9.53 Å². The Morgan fingerprint density at radius 3 is 3.04 bits per heavy atom. The number of nitrogens with one attached hydrogen (secondary N) is 1. The Labute approximate surface area is 158 Å². The summed E-state index contributed by atoms with van der Waals surface area (Å²) < 4.78 is 7.42. The molecule has 1 fully saturated rings. The van der Waals surface area contributed by atoms with E-state index in [4.69, 9.17) is 4.74 Å². The molecule has 2 aliphatic rings. The monoisotopic (exact) mass is 374 g/mol. The third-order valence-corrected chi connectivity index (χ3v) is 6.12. The molecule has 4 rings (SSSR count). The van der Waals surface area contributed by atoms with Crippen molar-refractivity contribution in [1.29, 1.82) is 0 Å². The van der Waals surface area contributed by atoms with E-state index in [1.165, 1.54) is 10.6 Å². The molecule has 0 bridgehead atoms. The molecule has 1 N–H and O–H groups in total. The standard InChI is InChI=1S/C19H26N4O2S/c24-19(20-11-15-4-7-25-8-5-15)10-17-13-22(14-18-2-1-9-26-18)12-16-3-6-21-23(16)17/h1-3,6,9,15,17H,4-5,7-8,10-14H2,(H,20,24)/t17-/m0/s1. The van der Waals surface area contributed by atoms with Crippen LogP contribution < -0.4 is 5.32 Å². The summed E-state index contributed by atoms with van der Waals surface area (Å²) in [5.74, 6) is 0.676. The average Bonchev–Trinajstić information content (AvgIpc) is 3.33. The summed E-state index contributed by atoms with van der Waals surface area (Å²) >= 11 is 1.79. The number of rotatable bonds is 6. The Hall–Kier alpha value is -1.70. The molecule has 2 aliphatic heterocycles. The van der Waals surface area contributed by atoms with Crippen LogP contribution in [0.3, 0.4) is 0 Å².